The molecule has 3 rings (SSSR count). The van der Waals surface area contributed by atoms with Gasteiger partial charge < -0.3 is 20.1 Å². The lowest BCUT2D eigenvalue weighted by molar-refractivity contribution is -0.147. The second-order valence-corrected chi connectivity index (χ2v) is 8.75. The van der Waals surface area contributed by atoms with Gasteiger partial charge in [0.15, 0.2) is 0 Å². The highest BCUT2D eigenvalue weighted by atomic mass is 35.5. The van der Waals surface area contributed by atoms with E-state index in [0.29, 0.717) is 22.0 Å². The lowest BCUT2D eigenvalue weighted by Crippen LogP contribution is -2.26. The molecule has 1 aromatic heterocycles. The van der Waals surface area contributed by atoms with Gasteiger partial charge in [0, 0.05) is 23.2 Å². The fourth-order valence-electron chi connectivity index (χ4n) is 3.38. The molecule has 0 aliphatic heterocycles. The molecular weight excluding hydrogens is 535 g/mol. The molecule has 2 N–H and O–H groups in total. The van der Waals surface area contributed by atoms with Crippen molar-refractivity contribution >= 4 is 52.8 Å². The van der Waals surface area contributed by atoms with Crippen molar-refractivity contribution < 1.29 is 28.7 Å². The van der Waals surface area contributed by atoms with Gasteiger partial charge in [0.05, 0.1) is 29.6 Å². The monoisotopic (exact) mass is 560 g/mol. The Morgan fingerprint density at radius 2 is 1.50 bits per heavy atom. The molecule has 12 heteroatoms. The SMILES string of the molecule is CCOC(=O)CC(=O)NCc1ccc(-n2nc(-c3ccc(Cl)cc3)cc2NC(=O)CC(=O)OCC)c(Cl)c1. The summed E-state index contributed by atoms with van der Waals surface area (Å²) in [5.41, 5.74) is 2.39. The number of nitrogens with one attached hydrogen (secondary N) is 2. The predicted molar refractivity (Wildman–Crippen MR) is 142 cm³/mol. The van der Waals surface area contributed by atoms with E-state index in [2.05, 4.69) is 15.7 Å². The zero-order valence-electron chi connectivity index (χ0n) is 20.8. The van der Waals surface area contributed by atoms with E-state index in [0.717, 1.165) is 5.56 Å². The standard InChI is InChI=1S/C26H26Cl2N4O6/c1-3-37-25(35)13-23(33)29-15-16-5-10-21(19(28)11-16)32-22(30-24(34)14-26(36)38-4-2)12-20(31-32)17-6-8-18(27)9-7-17/h5-12H,3-4,13-15H2,1-2H3,(H,29,33)(H,30,34). The Morgan fingerprint density at radius 3 is 2.11 bits per heavy atom. The smallest absolute Gasteiger partial charge is 0.315 e. The summed E-state index contributed by atoms with van der Waals surface area (Å²) in [6.07, 6.45) is -0.845. The Hall–Kier alpha value is -3.89. The highest BCUT2D eigenvalue weighted by molar-refractivity contribution is 6.32. The van der Waals surface area contributed by atoms with E-state index in [9.17, 15) is 19.2 Å². The largest absolute Gasteiger partial charge is 0.466 e. The van der Waals surface area contributed by atoms with Gasteiger partial charge in [-0.1, -0.05) is 41.4 Å². The van der Waals surface area contributed by atoms with Gasteiger partial charge in [-0.2, -0.15) is 5.10 Å². The molecule has 0 aliphatic carbocycles. The minimum atomic E-state index is -0.652. The number of hydrogen-bond donors (Lipinski definition) is 2. The number of hydrogen-bond acceptors (Lipinski definition) is 7. The molecule has 0 unspecified atom stereocenters. The normalized spacial score (nSPS) is 10.5. The third-order valence-electron chi connectivity index (χ3n) is 5.07. The molecule has 38 heavy (non-hydrogen) atoms. The molecule has 2 aromatic carbocycles. The number of aromatic nitrogens is 2. The van der Waals surface area contributed by atoms with Crippen LogP contribution in [0.5, 0.6) is 0 Å². The van der Waals surface area contributed by atoms with Gasteiger partial charge >= 0.3 is 11.9 Å². The van der Waals surface area contributed by atoms with Gasteiger partial charge in [-0.25, -0.2) is 4.68 Å². The van der Waals surface area contributed by atoms with Gasteiger partial charge in [-0.05, 0) is 43.7 Å². The van der Waals surface area contributed by atoms with Crippen molar-refractivity contribution in [2.24, 2.45) is 0 Å². The third-order valence-corrected chi connectivity index (χ3v) is 5.62. The first kappa shape index (κ1) is 28.7. The number of esters is 2. The van der Waals surface area contributed by atoms with E-state index in [4.69, 9.17) is 32.7 Å². The van der Waals surface area contributed by atoms with E-state index >= 15 is 0 Å². The molecule has 2 amide bonds. The van der Waals surface area contributed by atoms with Crippen LogP contribution >= 0.6 is 23.2 Å². The molecule has 0 saturated heterocycles. The van der Waals surface area contributed by atoms with Crippen LogP contribution in [0.1, 0.15) is 32.3 Å². The van der Waals surface area contributed by atoms with E-state index < -0.39 is 30.2 Å². The van der Waals surface area contributed by atoms with Crippen molar-refractivity contribution in [2.45, 2.75) is 33.2 Å². The second kappa shape index (κ2) is 13.6. The van der Waals surface area contributed by atoms with Crippen LogP contribution in [0.25, 0.3) is 16.9 Å². The number of anilines is 1. The van der Waals surface area contributed by atoms with Crippen molar-refractivity contribution in [3.63, 3.8) is 0 Å². The van der Waals surface area contributed by atoms with Crippen molar-refractivity contribution in [1.82, 2.24) is 15.1 Å². The Bertz CT molecular complexity index is 1320. The van der Waals surface area contributed by atoms with Gasteiger partial charge in [-0.15, -0.1) is 0 Å². The zero-order chi connectivity index (χ0) is 27.7. The Balaban J connectivity index is 1.84. The molecule has 3 aromatic rings. The number of carbonyl (C=O) groups excluding carboxylic acids is 4. The first-order valence-electron chi connectivity index (χ1n) is 11.7. The number of amides is 2. The molecule has 10 nitrogen and oxygen atoms in total. The summed E-state index contributed by atoms with van der Waals surface area (Å²) < 4.78 is 11.1. The van der Waals surface area contributed by atoms with Crippen molar-refractivity contribution in [1.29, 1.82) is 0 Å². The third kappa shape index (κ3) is 8.06. The average Bonchev–Trinajstić information content (AvgIpc) is 3.26. The Labute approximate surface area is 229 Å². The van der Waals surface area contributed by atoms with Crippen LogP contribution in [-0.4, -0.2) is 46.7 Å². The van der Waals surface area contributed by atoms with Crippen LogP contribution in [0.2, 0.25) is 10.0 Å². The van der Waals surface area contributed by atoms with E-state index in [1.54, 1.807) is 62.4 Å². The number of halogens is 2. The van der Waals surface area contributed by atoms with Crippen LogP contribution in [-0.2, 0) is 35.2 Å². The van der Waals surface area contributed by atoms with E-state index in [1.165, 1.54) is 4.68 Å². The summed E-state index contributed by atoms with van der Waals surface area (Å²) in [6.45, 7) is 3.81. The lowest BCUT2D eigenvalue weighted by atomic mass is 10.1. The maximum atomic E-state index is 12.5. The maximum Gasteiger partial charge on any atom is 0.315 e. The highest BCUT2D eigenvalue weighted by Gasteiger charge is 2.18. The molecule has 0 bridgehead atoms. The average molecular weight is 561 g/mol. The van der Waals surface area contributed by atoms with Gasteiger partial charge in [-0.3, -0.25) is 19.2 Å². The van der Waals surface area contributed by atoms with Crippen LogP contribution in [0.3, 0.4) is 0 Å². The molecule has 0 fully saturated rings. The molecule has 0 atom stereocenters. The Kier molecular flexibility index (Phi) is 10.3. The minimum absolute atomic E-state index is 0.135. The number of carbonyl (C=O) groups is 4. The van der Waals surface area contributed by atoms with E-state index in [-0.39, 0.29) is 37.0 Å². The summed E-state index contributed by atoms with van der Waals surface area (Å²) >= 11 is 12.6. The van der Waals surface area contributed by atoms with Crippen molar-refractivity contribution in [3.8, 4) is 16.9 Å². The van der Waals surface area contributed by atoms with Crippen LogP contribution < -0.4 is 10.6 Å². The van der Waals surface area contributed by atoms with Crippen molar-refractivity contribution in [2.75, 3.05) is 18.5 Å². The lowest BCUT2D eigenvalue weighted by Gasteiger charge is -2.12. The number of benzene rings is 2. The number of rotatable bonds is 11. The first-order valence-corrected chi connectivity index (χ1v) is 12.5. The zero-order valence-corrected chi connectivity index (χ0v) is 22.3. The number of nitrogens with zero attached hydrogens (tertiary/aromatic N) is 2. The molecule has 200 valence electrons. The molecule has 0 spiro atoms. The summed E-state index contributed by atoms with van der Waals surface area (Å²) in [4.78, 5) is 47.7. The quantitative estimate of drug-likeness (QED) is 0.264. The van der Waals surface area contributed by atoms with Crippen LogP contribution in [0, 0.1) is 0 Å². The first-order chi connectivity index (χ1) is 18.2. The minimum Gasteiger partial charge on any atom is -0.466 e. The summed E-state index contributed by atoms with van der Waals surface area (Å²) in [5.74, 6) is -2.03. The molecule has 0 radical (unpaired) electrons. The Morgan fingerprint density at radius 1 is 0.868 bits per heavy atom. The molecule has 1 heterocycles. The predicted octanol–water partition coefficient (Wildman–Crippen LogP) is 4.31. The highest BCUT2D eigenvalue weighted by Crippen LogP contribution is 2.29. The van der Waals surface area contributed by atoms with Crippen LogP contribution in [0.15, 0.2) is 48.5 Å². The molecular formula is C26H26Cl2N4O6. The molecule has 0 saturated carbocycles. The fourth-order valence-corrected chi connectivity index (χ4v) is 3.79. The summed E-state index contributed by atoms with van der Waals surface area (Å²) in [6, 6.07) is 13.7. The topological polar surface area (TPSA) is 129 Å². The van der Waals surface area contributed by atoms with Gasteiger partial charge in [0.2, 0.25) is 11.8 Å². The fraction of sp³-hybridized carbons (Fsp3) is 0.269. The maximum absolute atomic E-state index is 12.5. The summed E-state index contributed by atoms with van der Waals surface area (Å²) in [7, 11) is 0. The summed E-state index contributed by atoms with van der Waals surface area (Å²) in [5, 5.41) is 10.8. The van der Waals surface area contributed by atoms with Gasteiger partial charge in [0.25, 0.3) is 0 Å². The number of ether oxygens (including phenoxy) is 2. The van der Waals surface area contributed by atoms with Crippen molar-refractivity contribution in [3.05, 3.63) is 64.1 Å². The second-order valence-electron chi connectivity index (χ2n) is 7.91. The molecule has 0 aliphatic rings. The van der Waals surface area contributed by atoms with Gasteiger partial charge in [0.1, 0.15) is 18.7 Å². The van der Waals surface area contributed by atoms with Crippen LogP contribution in [0.4, 0.5) is 5.82 Å². The van der Waals surface area contributed by atoms with E-state index in [1.807, 2.05) is 0 Å².